The molecule has 9 nitrogen and oxygen atoms in total. The Balaban J connectivity index is 1.28. The van der Waals surface area contributed by atoms with E-state index in [0.717, 1.165) is 43.1 Å². The van der Waals surface area contributed by atoms with Crippen molar-refractivity contribution in [3.05, 3.63) is 60.4 Å². The monoisotopic (exact) mass is 438 g/mol. The minimum atomic E-state index is -2.80. The van der Waals surface area contributed by atoms with Crippen LogP contribution >= 0.6 is 0 Å². The molecule has 0 atom stereocenters. The fraction of sp³-hybridized carbons (Fsp3) is 0.286. The SMILES string of the molecule is FC(F)c1nnc(-c2ccc(Cn3cc(-c4cccc(N5CCNCC5)c4)nn3)nc2)o1. The molecule has 32 heavy (non-hydrogen) atoms. The number of alkyl halides is 2. The van der Waals surface area contributed by atoms with Gasteiger partial charge in [0.25, 0.3) is 5.89 Å². The predicted molar refractivity (Wildman–Crippen MR) is 112 cm³/mol. The van der Waals surface area contributed by atoms with Crippen LogP contribution in [0.25, 0.3) is 22.7 Å². The number of rotatable bonds is 6. The maximum Gasteiger partial charge on any atom is 0.314 e. The van der Waals surface area contributed by atoms with E-state index in [2.05, 4.69) is 47.8 Å². The first-order valence-corrected chi connectivity index (χ1v) is 10.2. The zero-order chi connectivity index (χ0) is 21.9. The number of hydrogen-bond donors (Lipinski definition) is 1. The molecule has 164 valence electrons. The first-order valence-electron chi connectivity index (χ1n) is 10.2. The quantitative estimate of drug-likeness (QED) is 0.491. The van der Waals surface area contributed by atoms with Crippen LogP contribution in [-0.4, -0.2) is 56.4 Å². The van der Waals surface area contributed by atoms with Gasteiger partial charge in [0.05, 0.1) is 24.0 Å². The average Bonchev–Trinajstić information content (AvgIpc) is 3.51. The third kappa shape index (κ3) is 4.33. The van der Waals surface area contributed by atoms with Crippen molar-refractivity contribution in [3.63, 3.8) is 0 Å². The molecule has 5 rings (SSSR count). The molecule has 0 amide bonds. The van der Waals surface area contributed by atoms with Gasteiger partial charge in [0.15, 0.2) is 0 Å². The number of piperazine rings is 1. The average molecular weight is 438 g/mol. The van der Waals surface area contributed by atoms with E-state index in [1.165, 1.54) is 11.9 Å². The number of hydrogen-bond acceptors (Lipinski definition) is 8. The van der Waals surface area contributed by atoms with Gasteiger partial charge in [-0.3, -0.25) is 4.98 Å². The Hall–Kier alpha value is -3.73. The third-order valence-corrected chi connectivity index (χ3v) is 5.19. The van der Waals surface area contributed by atoms with Crippen molar-refractivity contribution in [1.82, 2.24) is 35.5 Å². The number of pyridine rings is 1. The van der Waals surface area contributed by atoms with Crippen LogP contribution in [0.5, 0.6) is 0 Å². The van der Waals surface area contributed by atoms with Gasteiger partial charge in [0.1, 0.15) is 5.69 Å². The molecule has 0 unspecified atom stereocenters. The summed E-state index contributed by atoms with van der Waals surface area (Å²) >= 11 is 0. The fourth-order valence-corrected chi connectivity index (χ4v) is 3.54. The maximum atomic E-state index is 12.6. The molecular formula is C21H20F2N8O. The molecule has 1 aromatic carbocycles. The van der Waals surface area contributed by atoms with Crippen LogP contribution in [0.4, 0.5) is 14.5 Å². The summed E-state index contributed by atoms with van der Waals surface area (Å²) in [7, 11) is 0. The van der Waals surface area contributed by atoms with E-state index in [4.69, 9.17) is 4.42 Å². The Morgan fingerprint density at radius 2 is 1.91 bits per heavy atom. The lowest BCUT2D eigenvalue weighted by molar-refractivity contribution is 0.116. The molecule has 0 bridgehead atoms. The van der Waals surface area contributed by atoms with E-state index in [1.54, 1.807) is 16.8 Å². The molecule has 0 radical (unpaired) electrons. The van der Waals surface area contributed by atoms with Crippen LogP contribution in [0.3, 0.4) is 0 Å². The molecule has 4 aromatic rings. The zero-order valence-electron chi connectivity index (χ0n) is 17.0. The highest BCUT2D eigenvalue weighted by Crippen LogP contribution is 2.24. The van der Waals surface area contributed by atoms with Gasteiger partial charge in [0, 0.05) is 43.6 Å². The fourth-order valence-electron chi connectivity index (χ4n) is 3.54. The van der Waals surface area contributed by atoms with Gasteiger partial charge in [-0.1, -0.05) is 17.3 Å². The topological polar surface area (TPSA) is 97.8 Å². The highest BCUT2D eigenvalue weighted by atomic mass is 19.3. The van der Waals surface area contributed by atoms with Crippen LogP contribution in [0.2, 0.25) is 0 Å². The lowest BCUT2D eigenvalue weighted by atomic mass is 10.1. The number of aromatic nitrogens is 6. The molecule has 1 aliphatic heterocycles. The number of halogens is 2. The Morgan fingerprint density at radius 1 is 1.03 bits per heavy atom. The second-order valence-electron chi connectivity index (χ2n) is 7.37. The minimum Gasteiger partial charge on any atom is -0.415 e. The summed E-state index contributed by atoms with van der Waals surface area (Å²) in [4.78, 5) is 6.70. The van der Waals surface area contributed by atoms with Gasteiger partial charge >= 0.3 is 6.43 Å². The molecular weight excluding hydrogens is 418 g/mol. The van der Waals surface area contributed by atoms with Crippen LogP contribution in [-0.2, 0) is 6.54 Å². The summed E-state index contributed by atoms with van der Waals surface area (Å²) in [6.07, 6.45) is 0.578. The summed E-state index contributed by atoms with van der Waals surface area (Å²) < 4.78 is 31.9. The van der Waals surface area contributed by atoms with Crippen molar-refractivity contribution in [2.75, 3.05) is 31.1 Å². The van der Waals surface area contributed by atoms with Gasteiger partial charge in [-0.05, 0) is 24.3 Å². The Kier molecular flexibility index (Phi) is 5.55. The molecule has 3 aromatic heterocycles. The highest BCUT2D eigenvalue weighted by molar-refractivity contribution is 5.65. The van der Waals surface area contributed by atoms with Crippen molar-refractivity contribution < 1.29 is 13.2 Å². The molecule has 1 aliphatic rings. The van der Waals surface area contributed by atoms with Crippen molar-refractivity contribution in [2.24, 2.45) is 0 Å². The van der Waals surface area contributed by atoms with E-state index in [9.17, 15) is 8.78 Å². The van der Waals surface area contributed by atoms with E-state index in [0.29, 0.717) is 12.1 Å². The second kappa shape index (κ2) is 8.79. The molecule has 4 heterocycles. The number of benzene rings is 1. The van der Waals surface area contributed by atoms with Gasteiger partial charge in [-0.15, -0.1) is 15.3 Å². The van der Waals surface area contributed by atoms with Crippen molar-refractivity contribution in [2.45, 2.75) is 13.0 Å². The first kappa shape index (κ1) is 20.2. The second-order valence-corrected chi connectivity index (χ2v) is 7.37. The van der Waals surface area contributed by atoms with Gasteiger partial charge in [-0.2, -0.15) is 8.78 Å². The lowest BCUT2D eigenvalue weighted by Gasteiger charge is -2.29. The molecule has 0 saturated carbocycles. The maximum absolute atomic E-state index is 12.6. The molecule has 1 saturated heterocycles. The minimum absolute atomic E-state index is 0.00626. The molecule has 11 heteroatoms. The van der Waals surface area contributed by atoms with Gasteiger partial charge in [-0.25, -0.2) is 4.68 Å². The van der Waals surface area contributed by atoms with E-state index < -0.39 is 12.3 Å². The predicted octanol–water partition coefficient (Wildman–Crippen LogP) is 2.79. The Morgan fingerprint density at radius 3 is 2.66 bits per heavy atom. The summed E-state index contributed by atoms with van der Waals surface area (Å²) in [5.41, 5.74) is 4.16. The largest absolute Gasteiger partial charge is 0.415 e. The standard InChI is InChI=1S/C21H20F2N8O/c22-19(23)21-28-27-20(32-21)15-4-5-16(25-11-15)12-31-13-18(26-29-31)14-2-1-3-17(10-14)30-8-6-24-7-9-30/h1-5,10-11,13,19,24H,6-9,12H2. The molecule has 1 N–H and O–H groups in total. The summed E-state index contributed by atoms with van der Waals surface area (Å²) in [5, 5.41) is 18.8. The summed E-state index contributed by atoms with van der Waals surface area (Å²) in [6.45, 7) is 4.32. The van der Waals surface area contributed by atoms with Crippen LogP contribution in [0.1, 0.15) is 18.0 Å². The number of nitrogens with one attached hydrogen (secondary N) is 1. The number of nitrogens with zero attached hydrogens (tertiary/aromatic N) is 7. The number of anilines is 1. The van der Waals surface area contributed by atoms with Crippen LogP contribution in [0.15, 0.2) is 53.2 Å². The van der Waals surface area contributed by atoms with E-state index >= 15 is 0 Å². The Bertz CT molecular complexity index is 1180. The highest BCUT2D eigenvalue weighted by Gasteiger charge is 2.17. The van der Waals surface area contributed by atoms with Gasteiger partial charge < -0.3 is 14.6 Å². The molecule has 1 fully saturated rings. The van der Waals surface area contributed by atoms with Crippen molar-refractivity contribution >= 4 is 5.69 Å². The van der Waals surface area contributed by atoms with Crippen LogP contribution in [0, 0.1) is 0 Å². The lowest BCUT2D eigenvalue weighted by Crippen LogP contribution is -2.43. The van der Waals surface area contributed by atoms with Crippen molar-refractivity contribution in [3.8, 4) is 22.7 Å². The first-order chi connectivity index (χ1) is 15.7. The van der Waals surface area contributed by atoms with Crippen molar-refractivity contribution in [1.29, 1.82) is 0 Å². The summed E-state index contributed by atoms with van der Waals surface area (Å²) in [6, 6.07) is 11.7. The van der Waals surface area contributed by atoms with E-state index in [1.807, 2.05) is 18.3 Å². The summed E-state index contributed by atoms with van der Waals surface area (Å²) in [5.74, 6) is -0.702. The van der Waals surface area contributed by atoms with Gasteiger partial charge in [0.2, 0.25) is 5.89 Å². The smallest absolute Gasteiger partial charge is 0.314 e. The Labute approximate surface area is 182 Å². The third-order valence-electron chi connectivity index (χ3n) is 5.19. The molecule has 0 aliphatic carbocycles. The molecule has 0 spiro atoms. The van der Waals surface area contributed by atoms with E-state index in [-0.39, 0.29) is 5.89 Å². The van der Waals surface area contributed by atoms with Crippen LogP contribution < -0.4 is 10.2 Å². The zero-order valence-corrected chi connectivity index (χ0v) is 17.0. The normalized spacial score (nSPS) is 14.3.